The minimum absolute atomic E-state index is 0.0155. The van der Waals surface area contributed by atoms with Gasteiger partial charge in [-0.3, -0.25) is 14.5 Å². The number of anilines is 2. The highest BCUT2D eigenvalue weighted by atomic mass is 16.5. The van der Waals surface area contributed by atoms with Crippen LogP contribution in [0.25, 0.3) is 0 Å². The zero-order valence-electron chi connectivity index (χ0n) is 15.7. The van der Waals surface area contributed by atoms with Crippen molar-refractivity contribution in [1.82, 2.24) is 19.9 Å². The molecule has 146 valence electrons. The van der Waals surface area contributed by atoms with Crippen LogP contribution in [0, 0.1) is 11.8 Å². The number of likely N-dealkylation sites (tertiary alicyclic amines) is 1. The normalized spacial score (nSPS) is 23.1. The van der Waals surface area contributed by atoms with Crippen LogP contribution >= 0.6 is 0 Å². The fraction of sp³-hybridized carbons (Fsp3) is 0.647. The minimum atomic E-state index is -0.983. The van der Waals surface area contributed by atoms with Gasteiger partial charge in [-0.2, -0.15) is 15.0 Å². The summed E-state index contributed by atoms with van der Waals surface area (Å²) in [5.41, 5.74) is 5.64. The third-order valence-corrected chi connectivity index (χ3v) is 5.03. The van der Waals surface area contributed by atoms with E-state index in [1.165, 1.54) is 6.92 Å². The summed E-state index contributed by atoms with van der Waals surface area (Å²) in [6, 6.07) is -0.983. The molecule has 0 aromatic carbocycles. The van der Waals surface area contributed by atoms with E-state index in [0.717, 1.165) is 17.7 Å². The summed E-state index contributed by atoms with van der Waals surface area (Å²) < 4.78 is 5.23. The lowest BCUT2D eigenvalue weighted by molar-refractivity contribution is -0.159. The van der Waals surface area contributed by atoms with E-state index in [1.807, 2.05) is 0 Å². The average Bonchev–Trinajstić information content (AvgIpc) is 2.89. The lowest BCUT2D eigenvalue weighted by Gasteiger charge is -2.21. The van der Waals surface area contributed by atoms with Crippen LogP contribution < -0.4 is 10.6 Å². The van der Waals surface area contributed by atoms with E-state index in [2.05, 4.69) is 15.0 Å². The van der Waals surface area contributed by atoms with Gasteiger partial charge in [-0.25, -0.2) is 4.79 Å². The van der Waals surface area contributed by atoms with Gasteiger partial charge >= 0.3 is 5.97 Å². The topological polar surface area (TPSA) is 132 Å². The van der Waals surface area contributed by atoms with Gasteiger partial charge < -0.3 is 15.4 Å². The lowest BCUT2D eigenvalue weighted by atomic mass is 9.81. The third-order valence-electron chi connectivity index (χ3n) is 5.03. The molecule has 10 heteroatoms. The molecule has 2 N–H and O–H groups in total. The molecule has 1 aliphatic heterocycles. The number of ether oxygens (including phenoxy) is 1. The largest absolute Gasteiger partial charge is 0.456 e. The number of amides is 2. The Balaban J connectivity index is 1.66. The van der Waals surface area contributed by atoms with Crippen molar-refractivity contribution in [2.24, 2.45) is 11.8 Å². The third kappa shape index (κ3) is 3.69. The van der Waals surface area contributed by atoms with E-state index in [9.17, 15) is 14.4 Å². The summed E-state index contributed by atoms with van der Waals surface area (Å²) in [6.07, 6.45) is 3.26. The van der Waals surface area contributed by atoms with Crippen LogP contribution in [0.4, 0.5) is 11.9 Å². The standard InChI is InChI=1S/C17H24N6O4/c1-9(23-13(24)10-6-4-5-7-11(10)14(23)25)15(26)27-8-12-19-16(18)21-17(20-12)22(2)3/h9-11H,4-8H2,1-3H3,(H2,18,19,20,21)/t9-,10-,11-/m0/s1. The number of imide groups is 1. The molecule has 2 fully saturated rings. The summed E-state index contributed by atoms with van der Waals surface area (Å²) in [5.74, 6) is -1.26. The van der Waals surface area contributed by atoms with E-state index in [1.54, 1.807) is 19.0 Å². The van der Waals surface area contributed by atoms with Crippen molar-refractivity contribution < 1.29 is 19.1 Å². The second-order valence-corrected chi connectivity index (χ2v) is 7.13. The predicted octanol–water partition coefficient (Wildman–Crippen LogP) is 0.127. The van der Waals surface area contributed by atoms with Crippen molar-refractivity contribution in [1.29, 1.82) is 0 Å². The first kappa shape index (κ1) is 19.0. The number of hydrogen-bond acceptors (Lipinski definition) is 9. The number of aromatic nitrogens is 3. The molecule has 1 aromatic rings. The molecule has 2 aliphatic rings. The Morgan fingerprint density at radius 3 is 2.33 bits per heavy atom. The Morgan fingerprint density at radius 2 is 1.78 bits per heavy atom. The quantitative estimate of drug-likeness (QED) is 0.562. The molecular weight excluding hydrogens is 352 g/mol. The Morgan fingerprint density at radius 1 is 1.19 bits per heavy atom. The Hall–Kier alpha value is -2.78. The summed E-state index contributed by atoms with van der Waals surface area (Å²) in [6.45, 7) is 1.28. The second-order valence-electron chi connectivity index (χ2n) is 7.13. The van der Waals surface area contributed by atoms with Crippen LogP contribution in [-0.2, 0) is 25.7 Å². The highest BCUT2D eigenvalue weighted by Gasteiger charge is 2.51. The van der Waals surface area contributed by atoms with Crippen LogP contribution in [-0.4, -0.2) is 57.8 Å². The number of nitrogens with zero attached hydrogens (tertiary/aromatic N) is 5. The van der Waals surface area contributed by atoms with Gasteiger partial charge in [-0.05, 0) is 19.8 Å². The molecule has 1 saturated carbocycles. The molecule has 27 heavy (non-hydrogen) atoms. The highest BCUT2D eigenvalue weighted by molar-refractivity contribution is 6.07. The van der Waals surface area contributed by atoms with Crippen molar-refractivity contribution in [3.63, 3.8) is 0 Å². The Kier molecular flexibility index (Phi) is 5.24. The van der Waals surface area contributed by atoms with Crippen LogP contribution in [0.3, 0.4) is 0 Å². The SMILES string of the molecule is C[C@@H](C(=O)OCc1nc(N)nc(N(C)C)n1)N1C(=O)[C@H]2CCCC[C@@H]2C1=O. The van der Waals surface area contributed by atoms with E-state index in [0.29, 0.717) is 18.8 Å². The highest BCUT2D eigenvalue weighted by Crippen LogP contribution is 2.38. The molecule has 2 heterocycles. The Bertz CT molecular complexity index is 744. The maximum atomic E-state index is 12.6. The zero-order valence-corrected chi connectivity index (χ0v) is 15.7. The fourth-order valence-electron chi connectivity index (χ4n) is 3.62. The monoisotopic (exact) mass is 376 g/mol. The molecule has 0 spiro atoms. The Labute approximate surface area is 157 Å². The van der Waals surface area contributed by atoms with Crippen molar-refractivity contribution in [3.05, 3.63) is 5.82 Å². The van der Waals surface area contributed by atoms with Crippen molar-refractivity contribution >= 4 is 29.7 Å². The number of hydrogen-bond donors (Lipinski definition) is 1. The van der Waals surface area contributed by atoms with Gasteiger partial charge in [0.25, 0.3) is 0 Å². The van der Waals surface area contributed by atoms with Gasteiger partial charge in [0.15, 0.2) is 12.4 Å². The van der Waals surface area contributed by atoms with E-state index in [-0.39, 0.29) is 42.0 Å². The molecule has 3 atom stereocenters. The van der Waals surface area contributed by atoms with Gasteiger partial charge in [0, 0.05) is 14.1 Å². The number of carbonyl (C=O) groups excluding carboxylic acids is 3. The van der Waals surface area contributed by atoms with E-state index >= 15 is 0 Å². The first-order valence-corrected chi connectivity index (χ1v) is 9.01. The van der Waals surface area contributed by atoms with Crippen LogP contribution in [0.2, 0.25) is 0 Å². The number of esters is 1. The average molecular weight is 376 g/mol. The van der Waals surface area contributed by atoms with Crippen molar-refractivity contribution in [2.75, 3.05) is 24.7 Å². The summed E-state index contributed by atoms with van der Waals surface area (Å²) in [4.78, 5) is 52.3. The van der Waals surface area contributed by atoms with Crippen molar-refractivity contribution in [2.45, 2.75) is 45.3 Å². The molecule has 10 nitrogen and oxygen atoms in total. The predicted molar refractivity (Wildman–Crippen MR) is 95.1 cm³/mol. The minimum Gasteiger partial charge on any atom is -0.456 e. The molecular formula is C17H24N6O4. The number of nitrogens with two attached hydrogens (primary N) is 1. The van der Waals surface area contributed by atoms with Crippen molar-refractivity contribution in [3.8, 4) is 0 Å². The molecule has 0 bridgehead atoms. The van der Waals surface area contributed by atoms with Gasteiger partial charge in [0.05, 0.1) is 11.8 Å². The van der Waals surface area contributed by atoms with Crippen LogP contribution in [0.5, 0.6) is 0 Å². The summed E-state index contributed by atoms with van der Waals surface area (Å²) in [5, 5.41) is 0. The van der Waals surface area contributed by atoms with Gasteiger partial charge in [0.1, 0.15) is 6.04 Å². The van der Waals surface area contributed by atoms with Crippen LogP contribution in [0.1, 0.15) is 38.4 Å². The number of fused-ring (bicyclic) bond motifs is 1. The van der Waals surface area contributed by atoms with Crippen LogP contribution in [0.15, 0.2) is 0 Å². The van der Waals surface area contributed by atoms with Gasteiger partial charge in [0.2, 0.25) is 23.7 Å². The number of nitrogen functional groups attached to an aromatic ring is 1. The first-order chi connectivity index (χ1) is 12.8. The molecule has 0 unspecified atom stereocenters. The number of rotatable bonds is 5. The fourth-order valence-corrected chi connectivity index (χ4v) is 3.62. The lowest BCUT2D eigenvalue weighted by Crippen LogP contribution is -2.44. The molecule has 1 aromatic heterocycles. The van der Waals surface area contributed by atoms with E-state index in [4.69, 9.17) is 10.5 Å². The maximum Gasteiger partial charge on any atom is 0.329 e. The molecule has 2 amide bonds. The molecule has 3 rings (SSSR count). The van der Waals surface area contributed by atoms with E-state index < -0.39 is 12.0 Å². The second kappa shape index (κ2) is 7.45. The van der Waals surface area contributed by atoms with Gasteiger partial charge in [-0.1, -0.05) is 12.8 Å². The zero-order chi connectivity index (χ0) is 19.7. The summed E-state index contributed by atoms with van der Waals surface area (Å²) >= 11 is 0. The smallest absolute Gasteiger partial charge is 0.329 e. The molecule has 1 aliphatic carbocycles. The number of carbonyl (C=O) groups is 3. The first-order valence-electron chi connectivity index (χ1n) is 9.01. The van der Waals surface area contributed by atoms with Gasteiger partial charge in [-0.15, -0.1) is 0 Å². The molecule has 0 radical (unpaired) electrons. The maximum absolute atomic E-state index is 12.6. The molecule has 1 saturated heterocycles. The summed E-state index contributed by atoms with van der Waals surface area (Å²) in [7, 11) is 3.49.